The highest BCUT2D eigenvalue weighted by Gasteiger charge is 2.53. The molecule has 1 aliphatic carbocycles. The van der Waals surface area contributed by atoms with E-state index in [9.17, 15) is 29.4 Å². The standard InChI is InChI=1S/C35H56N2O9S/c1-10-44-30(42)35(43,20-23(38)19-34(21-33(8,9)22-34)26-14-12-18-47-26)36-24(15-16-27(39)45-31(2,3)4)28(40)37-17-11-13-25(37)29(41)46-32(5,6)7/h12,14,18,23-25,36,38,43H,10-11,13,15-17,19-22H2,1-9H3/t23?,24-,25-,35?/m0/s1. The Balaban J connectivity index is 1.90. The molecular weight excluding hydrogens is 624 g/mol. The summed E-state index contributed by atoms with van der Waals surface area (Å²) in [6, 6.07) is 1.87. The first-order chi connectivity index (χ1) is 21.6. The van der Waals surface area contributed by atoms with Crippen molar-refractivity contribution in [2.75, 3.05) is 13.2 Å². The first kappa shape index (κ1) is 38.9. The lowest BCUT2D eigenvalue weighted by Gasteiger charge is -2.54. The normalized spacial score (nSPS) is 21.6. The fraction of sp³-hybridized carbons (Fsp3) is 0.771. The van der Waals surface area contributed by atoms with E-state index < -0.39 is 65.4 Å². The number of carbonyl (C=O) groups excluding carboxylic acids is 4. The maximum Gasteiger partial charge on any atom is 0.353 e. The van der Waals surface area contributed by atoms with E-state index in [1.807, 2.05) is 17.5 Å². The predicted octanol–water partition coefficient (Wildman–Crippen LogP) is 4.61. The number of carbonyl (C=O) groups is 4. The van der Waals surface area contributed by atoms with Crippen LogP contribution in [0.15, 0.2) is 17.5 Å². The second-order valence-corrected chi connectivity index (χ2v) is 16.9. The number of esters is 3. The van der Waals surface area contributed by atoms with Gasteiger partial charge in [0.25, 0.3) is 0 Å². The van der Waals surface area contributed by atoms with E-state index in [2.05, 4.69) is 19.2 Å². The van der Waals surface area contributed by atoms with Crippen molar-refractivity contribution in [2.24, 2.45) is 5.41 Å². The number of hydrogen-bond acceptors (Lipinski definition) is 11. The lowest BCUT2D eigenvalue weighted by Crippen LogP contribution is -2.63. The number of ether oxygens (including phenoxy) is 3. The van der Waals surface area contributed by atoms with Gasteiger partial charge in [0.15, 0.2) is 0 Å². The third kappa shape index (κ3) is 10.7. The minimum atomic E-state index is -2.47. The lowest BCUT2D eigenvalue weighted by atomic mass is 9.52. The molecule has 0 bridgehead atoms. The van der Waals surface area contributed by atoms with Crippen molar-refractivity contribution in [2.45, 2.75) is 154 Å². The Bertz CT molecular complexity index is 1240. The summed E-state index contributed by atoms with van der Waals surface area (Å²) < 4.78 is 16.3. The van der Waals surface area contributed by atoms with Crippen molar-refractivity contribution in [1.29, 1.82) is 0 Å². The highest BCUT2D eigenvalue weighted by molar-refractivity contribution is 7.10. The van der Waals surface area contributed by atoms with Crippen molar-refractivity contribution in [3.8, 4) is 0 Å². The molecule has 47 heavy (non-hydrogen) atoms. The second kappa shape index (κ2) is 14.9. The number of aliphatic hydroxyl groups is 2. The summed E-state index contributed by atoms with van der Waals surface area (Å²) in [7, 11) is 0. The molecule has 1 aromatic rings. The van der Waals surface area contributed by atoms with Crippen LogP contribution in [0.4, 0.5) is 0 Å². The average molecular weight is 681 g/mol. The molecule has 1 saturated heterocycles. The van der Waals surface area contributed by atoms with Crippen LogP contribution in [0, 0.1) is 5.41 Å². The number of nitrogens with one attached hydrogen (secondary N) is 1. The molecule has 2 unspecified atom stereocenters. The third-order valence-corrected chi connectivity index (χ3v) is 9.55. The molecule has 0 spiro atoms. The zero-order valence-corrected chi connectivity index (χ0v) is 30.5. The minimum Gasteiger partial charge on any atom is -0.463 e. The van der Waals surface area contributed by atoms with E-state index in [-0.39, 0.29) is 36.8 Å². The first-order valence-electron chi connectivity index (χ1n) is 16.7. The Kier molecular flexibility index (Phi) is 12.4. The smallest absolute Gasteiger partial charge is 0.353 e. The summed E-state index contributed by atoms with van der Waals surface area (Å²) in [5.74, 6) is -2.73. The Hall–Kier alpha value is -2.54. The van der Waals surface area contributed by atoms with Crippen LogP contribution < -0.4 is 5.32 Å². The van der Waals surface area contributed by atoms with Gasteiger partial charge < -0.3 is 29.3 Å². The van der Waals surface area contributed by atoms with E-state index in [1.54, 1.807) is 59.8 Å². The zero-order valence-electron chi connectivity index (χ0n) is 29.6. The van der Waals surface area contributed by atoms with Crippen LogP contribution >= 0.6 is 11.3 Å². The van der Waals surface area contributed by atoms with E-state index in [0.717, 1.165) is 17.7 Å². The Morgan fingerprint density at radius 2 is 1.72 bits per heavy atom. The van der Waals surface area contributed by atoms with Crippen LogP contribution in [0.2, 0.25) is 0 Å². The SMILES string of the molecule is CCOC(=O)C(O)(CC(O)CC1(c2cccs2)CC(C)(C)C1)N[C@@H](CCC(=O)OC(C)(C)C)C(=O)N1CCC[C@H]1C(=O)OC(C)(C)C. The van der Waals surface area contributed by atoms with Gasteiger partial charge in [-0.3, -0.25) is 14.9 Å². The highest BCUT2D eigenvalue weighted by atomic mass is 32.1. The molecule has 1 amide bonds. The number of thiophene rings is 1. The summed E-state index contributed by atoms with van der Waals surface area (Å²) in [5, 5.41) is 28.2. The molecule has 1 aromatic heterocycles. The van der Waals surface area contributed by atoms with Crippen LogP contribution in [-0.4, -0.2) is 87.2 Å². The second-order valence-electron chi connectivity index (χ2n) is 16.0. The Morgan fingerprint density at radius 1 is 1.09 bits per heavy atom. The first-order valence-corrected chi connectivity index (χ1v) is 17.6. The van der Waals surface area contributed by atoms with Crippen molar-refractivity contribution in [3.05, 3.63) is 22.4 Å². The summed E-state index contributed by atoms with van der Waals surface area (Å²) in [5.41, 5.74) is -4.22. The molecule has 3 N–H and O–H groups in total. The zero-order chi connectivity index (χ0) is 35.4. The van der Waals surface area contributed by atoms with E-state index in [0.29, 0.717) is 19.3 Å². The summed E-state index contributed by atoms with van der Waals surface area (Å²) in [6.45, 7) is 16.6. The van der Waals surface area contributed by atoms with Crippen molar-refractivity contribution >= 4 is 35.2 Å². The predicted molar refractivity (Wildman–Crippen MR) is 178 cm³/mol. The van der Waals surface area contributed by atoms with Crippen molar-refractivity contribution in [3.63, 3.8) is 0 Å². The molecule has 4 atom stereocenters. The van der Waals surface area contributed by atoms with Crippen molar-refractivity contribution < 1.29 is 43.6 Å². The average Bonchev–Trinajstić information content (AvgIpc) is 3.60. The van der Waals surface area contributed by atoms with Gasteiger partial charge in [0.2, 0.25) is 11.6 Å². The lowest BCUT2D eigenvalue weighted by molar-refractivity contribution is -0.177. The molecule has 0 aromatic carbocycles. The van der Waals surface area contributed by atoms with Gasteiger partial charge in [-0.15, -0.1) is 11.3 Å². The summed E-state index contributed by atoms with van der Waals surface area (Å²) in [6.07, 6.45) is 0.965. The van der Waals surface area contributed by atoms with E-state index in [1.165, 1.54) is 4.90 Å². The van der Waals surface area contributed by atoms with Gasteiger partial charge in [0.05, 0.1) is 18.8 Å². The number of likely N-dealkylation sites (tertiary alicyclic amines) is 1. The molecule has 3 rings (SSSR count). The number of nitrogens with zero attached hydrogens (tertiary/aromatic N) is 1. The van der Waals surface area contributed by atoms with E-state index >= 15 is 0 Å². The number of hydrogen-bond donors (Lipinski definition) is 3. The van der Waals surface area contributed by atoms with Gasteiger partial charge in [-0.05, 0) is 104 Å². The summed E-state index contributed by atoms with van der Waals surface area (Å²) in [4.78, 5) is 55.9. The molecule has 2 fully saturated rings. The van der Waals surface area contributed by atoms with Crippen molar-refractivity contribution in [1.82, 2.24) is 10.2 Å². The van der Waals surface area contributed by atoms with E-state index in [4.69, 9.17) is 14.2 Å². The topological polar surface area (TPSA) is 152 Å². The Morgan fingerprint density at radius 3 is 2.26 bits per heavy atom. The monoisotopic (exact) mass is 680 g/mol. The van der Waals surface area contributed by atoms with Gasteiger partial charge in [-0.1, -0.05) is 19.9 Å². The van der Waals surface area contributed by atoms with Gasteiger partial charge in [0.1, 0.15) is 17.2 Å². The number of amides is 1. The van der Waals surface area contributed by atoms with Gasteiger partial charge >= 0.3 is 17.9 Å². The van der Waals surface area contributed by atoms with Crippen LogP contribution in [0.25, 0.3) is 0 Å². The van der Waals surface area contributed by atoms with Gasteiger partial charge in [0, 0.05) is 29.7 Å². The largest absolute Gasteiger partial charge is 0.463 e. The number of aliphatic hydroxyl groups excluding tert-OH is 1. The molecule has 1 aliphatic heterocycles. The van der Waals surface area contributed by atoms with Crippen LogP contribution in [0.3, 0.4) is 0 Å². The van der Waals surface area contributed by atoms with Gasteiger partial charge in [-0.25, -0.2) is 9.59 Å². The molecular formula is C35H56N2O9S. The number of rotatable bonds is 14. The molecule has 266 valence electrons. The fourth-order valence-corrected chi connectivity index (χ4v) is 8.08. The molecule has 11 nitrogen and oxygen atoms in total. The maximum atomic E-state index is 14.2. The van der Waals surface area contributed by atoms with Crippen LogP contribution in [-0.2, 0) is 38.8 Å². The quantitative estimate of drug-likeness (QED) is 0.144. The molecule has 2 heterocycles. The maximum absolute atomic E-state index is 14.2. The van der Waals surface area contributed by atoms with Crippen LogP contribution in [0.5, 0.6) is 0 Å². The molecule has 1 saturated carbocycles. The minimum absolute atomic E-state index is 0.0460. The molecule has 2 aliphatic rings. The molecule has 12 heteroatoms. The summed E-state index contributed by atoms with van der Waals surface area (Å²) >= 11 is 1.62. The van der Waals surface area contributed by atoms with Gasteiger partial charge in [-0.2, -0.15) is 0 Å². The van der Waals surface area contributed by atoms with Crippen LogP contribution in [0.1, 0.15) is 119 Å². The fourth-order valence-electron chi connectivity index (χ4n) is 7.14. The highest BCUT2D eigenvalue weighted by Crippen LogP contribution is 2.58. The molecule has 0 radical (unpaired) electrons. The third-order valence-electron chi connectivity index (χ3n) is 8.43. The Labute approximate surface area is 283 Å².